The first kappa shape index (κ1) is 25.6. The predicted molar refractivity (Wildman–Crippen MR) is 148 cm³/mol. The second-order valence-electron chi connectivity index (χ2n) is 10.7. The number of piperazine rings is 1. The number of carbonyl (C=O) groups is 2. The lowest BCUT2D eigenvalue weighted by Gasteiger charge is -2.38. The van der Waals surface area contributed by atoms with E-state index in [1.165, 1.54) is 12.1 Å². The van der Waals surface area contributed by atoms with Gasteiger partial charge in [-0.1, -0.05) is 11.6 Å². The second kappa shape index (κ2) is 10.1. The van der Waals surface area contributed by atoms with Crippen LogP contribution in [0, 0.1) is 18.3 Å². The molecule has 2 saturated heterocycles. The highest BCUT2D eigenvalue weighted by Crippen LogP contribution is 2.41. The zero-order valence-corrected chi connectivity index (χ0v) is 22.3. The maximum atomic E-state index is 14.5. The van der Waals surface area contributed by atoms with Gasteiger partial charge < -0.3 is 19.5 Å². The van der Waals surface area contributed by atoms with E-state index >= 15 is 0 Å². The Morgan fingerprint density at radius 1 is 0.974 bits per heavy atom. The van der Waals surface area contributed by atoms with E-state index in [-0.39, 0.29) is 17.7 Å². The Labute approximate surface area is 232 Å². The summed E-state index contributed by atoms with van der Waals surface area (Å²) in [5.41, 5.74) is 1.96. The number of anilines is 1. The van der Waals surface area contributed by atoms with Gasteiger partial charge in [-0.25, -0.2) is 11.0 Å². The van der Waals surface area contributed by atoms with E-state index in [0.29, 0.717) is 79.3 Å². The molecule has 0 N–H and O–H groups in total. The molecule has 0 atom stereocenters. The molecule has 3 aromatic rings. The lowest BCUT2D eigenvalue weighted by atomic mass is 9.81. The van der Waals surface area contributed by atoms with Gasteiger partial charge in [0.25, 0.3) is 11.4 Å². The molecular formula is C30H29ClFN5O2. The number of benzene rings is 2. The summed E-state index contributed by atoms with van der Waals surface area (Å²) in [5.74, 6) is -0.200. The van der Waals surface area contributed by atoms with Gasteiger partial charge in [-0.3, -0.25) is 14.6 Å². The minimum Gasteiger partial charge on any atom is -0.370 e. The summed E-state index contributed by atoms with van der Waals surface area (Å²) in [5, 5.41) is 1.22. The number of nitrogens with zero attached hydrogens (tertiary/aromatic N) is 5. The molecule has 2 amide bonds. The van der Waals surface area contributed by atoms with Crippen LogP contribution in [0.3, 0.4) is 0 Å². The van der Waals surface area contributed by atoms with Crippen LogP contribution < -0.4 is 4.90 Å². The van der Waals surface area contributed by atoms with Crippen molar-refractivity contribution in [3.63, 3.8) is 0 Å². The Bertz CT molecular complexity index is 1470. The first-order valence-corrected chi connectivity index (χ1v) is 13.8. The van der Waals surface area contributed by atoms with Crippen LogP contribution in [-0.2, 0) is 10.3 Å². The van der Waals surface area contributed by atoms with Gasteiger partial charge in [0.2, 0.25) is 5.91 Å². The number of carbonyl (C=O) groups excluding carboxylic acids is 2. The molecule has 3 heterocycles. The first-order chi connectivity index (χ1) is 18.9. The minimum absolute atomic E-state index is 0.160. The van der Waals surface area contributed by atoms with Crippen molar-refractivity contribution in [3.05, 3.63) is 82.0 Å². The van der Waals surface area contributed by atoms with Crippen LogP contribution in [0.25, 0.3) is 15.7 Å². The summed E-state index contributed by atoms with van der Waals surface area (Å²) in [7, 11) is 0. The number of fused-ring (bicyclic) bond motifs is 1. The smallest absolute Gasteiger partial charge is 0.260 e. The molecule has 1 saturated carbocycles. The fourth-order valence-electron chi connectivity index (χ4n) is 5.86. The van der Waals surface area contributed by atoms with Crippen LogP contribution in [0.2, 0.25) is 5.02 Å². The normalized spacial score (nSPS) is 19.2. The van der Waals surface area contributed by atoms with E-state index in [1.54, 1.807) is 17.2 Å². The molecule has 1 aliphatic carbocycles. The first-order valence-electron chi connectivity index (χ1n) is 13.4. The van der Waals surface area contributed by atoms with E-state index < -0.39 is 11.4 Å². The number of hydrogen-bond acceptors (Lipinski definition) is 4. The molecule has 3 fully saturated rings. The molecule has 0 unspecified atom stereocenters. The number of pyridine rings is 1. The highest BCUT2D eigenvalue weighted by molar-refractivity contribution is 6.30. The molecule has 3 aliphatic rings. The lowest BCUT2D eigenvalue weighted by molar-refractivity contribution is -0.134. The zero-order chi connectivity index (χ0) is 27.1. The maximum absolute atomic E-state index is 14.5. The molecule has 7 nitrogen and oxygen atoms in total. The van der Waals surface area contributed by atoms with Crippen LogP contribution in [0.4, 0.5) is 10.1 Å². The molecule has 2 aliphatic heterocycles. The van der Waals surface area contributed by atoms with Crippen molar-refractivity contribution in [1.29, 1.82) is 0 Å². The standard InChI is InChI=1S/C30H29ClFN5O2/c1-33-30(21-4-6-22(31)7-5-21)10-12-35(13-11-30)27-24-18-23(32)8-9-26(24)34-19-25(27)29(39)37-16-14-36(15-17-37)28(38)20-2-3-20/h4-9,18-20H,2-3,10-17H2. The summed E-state index contributed by atoms with van der Waals surface area (Å²) in [4.78, 5) is 40.6. The molecule has 0 radical (unpaired) electrons. The van der Waals surface area contributed by atoms with Gasteiger partial charge in [0.05, 0.1) is 16.8 Å². The molecule has 39 heavy (non-hydrogen) atoms. The summed E-state index contributed by atoms with van der Waals surface area (Å²) in [6, 6.07) is 11.9. The van der Waals surface area contributed by atoms with Gasteiger partial charge in [0, 0.05) is 80.2 Å². The van der Waals surface area contributed by atoms with Crippen molar-refractivity contribution in [2.75, 3.05) is 44.2 Å². The van der Waals surface area contributed by atoms with Crippen LogP contribution in [0.15, 0.2) is 48.7 Å². The number of aromatic nitrogens is 1. The molecular weight excluding hydrogens is 517 g/mol. The largest absolute Gasteiger partial charge is 0.370 e. The fraction of sp³-hybridized carbons (Fsp3) is 0.400. The highest BCUT2D eigenvalue weighted by Gasteiger charge is 2.43. The van der Waals surface area contributed by atoms with E-state index in [0.717, 1.165) is 18.4 Å². The molecule has 0 spiro atoms. The average molecular weight is 546 g/mol. The van der Waals surface area contributed by atoms with Gasteiger partial charge in [-0.2, -0.15) is 0 Å². The molecule has 1 aromatic heterocycles. The van der Waals surface area contributed by atoms with Crippen molar-refractivity contribution in [2.24, 2.45) is 5.92 Å². The summed E-state index contributed by atoms with van der Waals surface area (Å²) in [6.45, 7) is 11.0. The van der Waals surface area contributed by atoms with Gasteiger partial charge in [0.15, 0.2) is 0 Å². The lowest BCUT2D eigenvalue weighted by Crippen LogP contribution is -2.51. The van der Waals surface area contributed by atoms with Crippen LogP contribution in [0.5, 0.6) is 0 Å². The van der Waals surface area contributed by atoms with E-state index in [9.17, 15) is 14.0 Å². The molecule has 6 rings (SSSR count). The van der Waals surface area contributed by atoms with E-state index in [1.807, 2.05) is 29.2 Å². The molecule has 200 valence electrons. The molecule has 9 heteroatoms. The Kier molecular flexibility index (Phi) is 6.64. The summed E-state index contributed by atoms with van der Waals surface area (Å²) in [6.07, 6.45) is 4.64. The molecule has 2 aromatic carbocycles. The van der Waals surface area contributed by atoms with Crippen LogP contribution in [0.1, 0.15) is 41.6 Å². The highest BCUT2D eigenvalue weighted by atomic mass is 35.5. The predicted octanol–water partition coefficient (Wildman–Crippen LogP) is 5.14. The topological polar surface area (TPSA) is 61.1 Å². The third kappa shape index (κ3) is 4.80. The third-order valence-electron chi connectivity index (χ3n) is 8.34. The summed E-state index contributed by atoms with van der Waals surface area (Å²) < 4.78 is 14.5. The third-order valence-corrected chi connectivity index (χ3v) is 8.59. The average Bonchev–Trinajstić information content (AvgIpc) is 3.82. The van der Waals surface area contributed by atoms with Gasteiger partial charge in [-0.05, 0) is 55.3 Å². The van der Waals surface area contributed by atoms with E-state index in [4.69, 9.17) is 18.2 Å². The fourth-order valence-corrected chi connectivity index (χ4v) is 5.99. The minimum atomic E-state index is -0.677. The van der Waals surface area contributed by atoms with Crippen molar-refractivity contribution >= 4 is 40.0 Å². The van der Waals surface area contributed by atoms with Gasteiger partial charge in [-0.15, -0.1) is 0 Å². The quantitative estimate of drug-likeness (QED) is 0.426. The van der Waals surface area contributed by atoms with Crippen molar-refractivity contribution in [1.82, 2.24) is 14.8 Å². The SMILES string of the molecule is [C-]#[N+]C1(c2ccc(Cl)cc2)CCN(c2c(C(=O)N3CCN(C(=O)C4CC4)CC3)cnc3ccc(F)cc23)CC1. The van der Waals surface area contributed by atoms with Crippen molar-refractivity contribution in [3.8, 4) is 0 Å². The van der Waals surface area contributed by atoms with Gasteiger partial charge in [0.1, 0.15) is 5.82 Å². The number of amides is 2. The Hall–Kier alpha value is -3.70. The Morgan fingerprint density at radius 2 is 1.64 bits per heavy atom. The number of hydrogen-bond donors (Lipinski definition) is 0. The number of rotatable bonds is 4. The van der Waals surface area contributed by atoms with Crippen molar-refractivity contribution < 1.29 is 14.0 Å². The monoisotopic (exact) mass is 545 g/mol. The summed E-state index contributed by atoms with van der Waals surface area (Å²) >= 11 is 6.08. The van der Waals surface area contributed by atoms with Gasteiger partial charge >= 0.3 is 0 Å². The van der Waals surface area contributed by atoms with E-state index in [2.05, 4.69) is 14.7 Å². The number of piperidine rings is 1. The number of halogens is 2. The maximum Gasteiger partial charge on any atom is 0.260 e. The zero-order valence-electron chi connectivity index (χ0n) is 21.6. The molecule has 0 bridgehead atoms. The van der Waals surface area contributed by atoms with Crippen LogP contribution in [-0.4, -0.2) is 65.9 Å². The van der Waals surface area contributed by atoms with Crippen molar-refractivity contribution in [2.45, 2.75) is 31.2 Å². The Balaban J connectivity index is 1.29. The Morgan fingerprint density at radius 3 is 2.28 bits per heavy atom. The van der Waals surface area contributed by atoms with Crippen LogP contribution >= 0.6 is 11.6 Å². The second-order valence-corrected chi connectivity index (χ2v) is 11.1.